The van der Waals surface area contributed by atoms with Crippen molar-refractivity contribution in [3.05, 3.63) is 75.9 Å². The Balaban J connectivity index is 1.46. The van der Waals surface area contributed by atoms with Gasteiger partial charge in [-0.15, -0.1) is 11.3 Å². The van der Waals surface area contributed by atoms with Gasteiger partial charge in [-0.05, 0) is 83.7 Å². The van der Waals surface area contributed by atoms with Crippen LogP contribution in [0.25, 0.3) is 20.8 Å². The van der Waals surface area contributed by atoms with Crippen molar-refractivity contribution in [3.63, 3.8) is 0 Å². The molecule has 2 N–H and O–H groups in total. The van der Waals surface area contributed by atoms with Gasteiger partial charge in [-0.3, -0.25) is 10.1 Å². The summed E-state index contributed by atoms with van der Waals surface area (Å²) in [5.74, 6) is 0.347. The summed E-state index contributed by atoms with van der Waals surface area (Å²) < 4.78 is 7.78. The first-order valence-corrected chi connectivity index (χ1v) is 11.7. The van der Waals surface area contributed by atoms with Gasteiger partial charge in [0.2, 0.25) is 0 Å². The Morgan fingerprint density at radius 1 is 1.13 bits per heavy atom. The van der Waals surface area contributed by atoms with Crippen LogP contribution < -0.4 is 15.4 Å². The number of hydrogen-bond acceptors (Lipinski definition) is 5. The number of ether oxygens (including phenoxy) is 1. The maximum absolute atomic E-state index is 12.3. The third-order valence-electron chi connectivity index (χ3n) is 4.46. The Morgan fingerprint density at radius 2 is 1.90 bits per heavy atom. The predicted octanol–water partition coefficient (Wildman–Crippen LogP) is 5.77. The molecule has 0 fully saturated rings. The first-order valence-electron chi connectivity index (χ1n) is 9.44. The minimum atomic E-state index is -0.326. The summed E-state index contributed by atoms with van der Waals surface area (Å²) in [5, 5.41) is 6.90. The molecule has 0 aliphatic heterocycles. The van der Waals surface area contributed by atoms with Crippen molar-refractivity contribution in [2.24, 2.45) is 0 Å². The molecule has 3 aromatic carbocycles. The van der Waals surface area contributed by atoms with Crippen molar-refractivity contribution in [1.29, 1.82) is 0 Å². The molecule has 0 radical (unpaired) electrons. The first-order chi connectivity index (χ1) is 15.0. The average molecular weight is 559 g/mol. The number of hydrogen-bond donors (Lipinski definition) is 2. The summed E-state index contributed by atoms with van der Waals surface area (Å²) in [6.07, 6.45) is 0. The predicted molar refractivity (Wildman–Crippen MR) is 139 cm³/mol. The number of aromatic nitrogens is 1. The number of nitrogens with one attached hydrogen (secondary N) is 2. The number of halogens is 1. The fraction of sp³-hybridized carbons (Fsp3) is 0.0870. The van der Waals surface area contributed by atoms with Crippen molar-refractivity contribution < 1.29 is 9.53 Å². The number of nitrogens with zero attached hydrogens (tertiary/aromatic N) is 1. The van der Waals surface area contributed by atoms with Gasteiger partial charge >= 0.3 is 0 Å². The zero-order valence-electron chi connectivity index (χ0n) is 16.5. The number of para-hydroxylation sites is 2. The lowest BCUT2D eigenvalue weighted by Gasteiger charge is -2.13. The lowest BCUT2D eigenvalue weighted by molar-refractivity contribution is -0.121. The van der Waals surface area contributed by atoms with Gasteiger partial charge in [0, 0.05) is 9.13 Å². The summed E-state index contributed by atoms with van der Waals surface area (Å²) in [5.41, 5.74) is 3.64. The molecule has 0 bridgehead atoms. The fourth-order valence-corrected chi connectivity index (χ4v) is 4.68. The molecule has 0 atom stereocenters. The Kier molecular flexibility index (Phi) is 6.79. The van der Waals surface area contributed by atoms with Gasteiger partial charge in [-0.2, -0.15) is 0 Å². The molecule has 0 saturated heterocycles. The second-order valence-electron chi connectivity index (χ2n) is 6.73. The van der Waals surface area contributed by atoms with Gasteiger partial charge in [-0.1, -0.05) is 30.3 Å². The van der Waals surface area contributed by atoms with Crippen molar-refractivity contribution in [2.45, 2.75) is 6.92 Å². The van der Waals surface area contributed by atoms with E-state index in [1.807, 2.05) is 67.6 Å². The van der Waals surface area contributed by atoms with E-state index >= 15 is 0 Å². The second kappa shape index (κ2) is 9.71. The molecule has 8 heteroatoms. The normalized spacial score (nSPS) is 10.6. The van der Waals surface area contributed by atoms with Gasteiger partial charge in [-0.25, -0.2) is 4.98 Å². The average Bonchev–Trinajstić information content (AvgIpc) is 3.18. The summed E-state index contributed by atoms with van der Waals surface area (Å²) in [6.45, 7) is 1.81. The Hall–Kier alpha value is -2.56. The summed E-state index contributed by atoms with van der Waals surface area (Å²) >= 11 is 9.24. The van der Waals surface area contributed by atoms with Crippen molar-refractivity contribution in [3.8, 4) is 16.3 Å². The number of thiocarbonyl (C=S) groups is 1. The van der Waals surface area contributed by atoms with Crippen LogP contribution in [0.5, 0.6) is 5.75 Å². The summed E-state index contributed by atoms with van der Waals surface area (Å²) in [6, 6.07) is 21.5. The molecular formula is C23H18IN3O2S2. The Bertz CT molecular complexity index is 1240. The van der Waals surface area contributed by atoms with Gasteiger partial charge in [0.05, 0.1) is 15.9 Å². The smallest absolute Gasteiger partial charge is 0.264 e. The molecule has 0 unspecified atom stereocenters. The van der Waals surface area contributed by atoms with Crippen LogP contribution in [0, 0.1) is 10.5 Å². The van der Waals surface area contributed by atoms with Crippen molar-refractivity contribution >= 4 is 73.1 Å². The SMILES string of the molecule is Cc1ccccc1OCC(=O)NC(=S)Nc1ccc(I)cc1-c1nc2ccccc2s1. The minimum absolute atomic E-state index is 0.121. The highest BCUT2D eigenvalue weighted by atomic mass is 127. The highest BCUT2D eigenvalue weighted by Gasteiger charge is 2.14. The molecule has 0 spiro atoms. The molecule has 1 aromatic heterocycles. The van der Waals surface area contributed by atoms with Gasteiger partial charge < -0.3 is 10.1 Å². The van der Waals surface area contributed by atoms with E-state index in [0.717, 1.165) is 35.6 Å². The molecule has 5 nitrogen and oxygen atoms in total. The summed E-state index contributed by atoms with van der Waals surface area (Å²) in [7, 11) is 0. The van der Waals surface area contributed by atoms with E-state index in [-0.39, 0.29) is 17.6 Å². The van der Waals surface area contributed by atoms with E-state index in [1.165, 1.54) is 0 Å². The Labute approximate surface area is 203 Å². The van der Waals surface area contributed by atoms with Crippen molar-refractivity contribution in [2.75, 3.05) is 11.9 Å². The third-order valence-corrected chi connectivity index (χ3v) is 6.40. The van der Waals surface area contributed by atoms with E-state index in [9.17, 15) is 4.79 Å². The van der Waals surface area contributed by atoms with Crippen molar-refractivity contribution in [1.82, 2.24) is 10.3 Å². The number of aryl methyl sites for hydroxylation is 1. The van der Waals surface area contributed by atoms with Crippen LogP contribution in [0.15, 0.2) is 66.7 Å². The molecule has 4 rings (SSSR count). The number of thiazole rings is 1. The summed E-state index contributed by atoms with van der Waals surface area (Å²) in [4.78, 5) is 17.0. The number of carbonyl (C=O) groups excluding carboxylic acids is 1. The quantitative estimate of drug-likeness (QED) is 0.240. The van der Waals surface area contributed by atoms with E-state index in [2.05, 4.69) is 39.3 Å². The lowest BCUT2D eigenvalue weighted by Crippen LogP contribution is -2.37. The van der Waals surface area contributed by atoms with E-state index < -0.39 is 0 Å². The number of fused-ring (bicyclic) bond motifs is 1. The van der Waals surface area contributed by atoms with Gasteiger partial charge in [0.15, 0.2) is 11.7 Å². The topological polar surface area (TPSA) is 63.2 Å². The number of benzene rings is 3. The molecule has 0 aliphatic carbocycles. The van der Waals surface area contributed by atoms with Crippen LogP contribution in [0.3, 0.4) is 0 Å². The first kappa shape index (κ1) is 21.7. The van der Waals surface area contributed by atoms with Crippen LogP contribution in [0.2, 0.25) is 0 Å². The monoisotopic (exact) mass is 559 g/mol. The number of amides is 1. The molecule has 4 aromatic rings. The van der Waals surface area contributed by atoms with Crippen LogP contribution in [-0.2, 0) is 4.79 Å². The van der Waals surface area contributed by atoms with E-state index in [4.69, 9.17) is 21.9 Å². The largest absolute Gasteiger partial charge is 0.483 e. The molecule has 1 amide bonds. The zero-order valence-corrected chi connectivity index (χ0v) is 20.3. The number of carbonyl (C=O) groups is 1. The maximum atomic E-state index is 12.3. The molecule has 0 saturated carbocycles. The number of rotatable bonds is 5. The fourth-order valence-electron chi connectivity index (χ4n) is 2.97. The van der Waals surface area contributed by atoms with Gasteiger partial charge in [0.1, 0.15) is 10.8 Å². The van der Waals surface area contributed by atoms with Crippen LogP contribution in [0.4, 0.5) is 5.69 Å². The maximum Gasteiger partial charge on any atom is 0.264 e. The highest BCUT2D eigenvalue weighted by Crippen LogP contribution is 2.35. The molecule has 31 heavy (non-hydrogen) atoms. The minimum Gasteiger partial charge on any atom is -0.483 e. The highest BCUT2D eigenvalue weighted by molar-refractivity contribution is 14.1. The molecule has 0 aliphatic rings. The standard InChI is InChI=1S/C23H18IN3O2S2/c1-14-6-2-4-8-19(14)29-13-21(28)27-23(30)26-17-11-10-15(24)12-16(17)22-25-18-7-3-5-9-20(18)31-22/h2-12H,13H2,1H3,(H2,26,27,28,30). The lowest BCUT2D eigenvalue weighted by atomic mass is 10.2. The third kappa shape index (κ3) is 5.38. The second-order valence-corrected chi connectivity index (χ2v) is 9.42. The van der Waals surface area contributed by atoms with Crippen LogP contribution in [-0.4, -0.2) is 22.6 Å². The molecule has 156 valence electrons. The Morgan fingerprint density at radius 3 is 2.71 bits per heavy atom. The van der Waals surface area contributed by atoms with Gasteiger partial charge in [0.25, 0.3) is 5.91 Å². The van der Waals surface area contributed by atoms with E-state index in [1.54, 1.807) is 11.3 Å². The van der Waals surface area contributed by atoms with Crippen LogP contribution in [0.1, 0.15) is 5.56 Å². The molecule has 1 heterocycles. The van der Waals surface area contributed by atoms with E-state index in [0.29, 0.717) is 5.75 Å². The van der Waals surface area contributed by atoms with Crippen LogP contribution >= 0.6 is 46.1 Å². The number of anilines is 1. The zero-order chi connectivity index (χ0) is 21.8. The molecular weight excluding hydrogens is 541 g/mol.